The number of ether oxygens (including phenoxy) is 1. The Balaban J connectivity index is 2.25. The van der Waals surface area contributed by atoms with Gasteiger partial charge < -0.3 is 19.8 Å². The van der Waals surface area contributed by atoms with Crippen LogP contribution in [0.25, 0.3) is 11.0 Å². The minimum absolute atomic E-state index is 0.00543. The molecule has 0 spiro atoms. The number of nitroso groups, excluding NO2 is 1. The number of nitrogens with one attached hydrogen (secondary N) is 2. The quantitative estimate of drug-likeness (QED) is 0.369. The molecule has 10 heteroatoms. The second-order valence-electron chi connectivity index (χ2n) is 6.03. The van der Waals surface area contributed by atoms with E-state index in [0.717, 1.165) is 0 Å². The van der Waals surface area contributed by atoms with Crippen molar-refractivity contribution in [3.63, 3.8) is 0 Å². The molecule has 0 radical (unpaired) electrons. The van der Waals surface area contributed by atoms with Crippen molar-refractivity contribution in [3.05, 3.63) is 45.2 Å². The fourth-order valence-electron chi connectivity index (χ4n) is 2.61. The summed E-state index contributed by atoms with van der Waals surface area (Å²) in [6.45, 7) is 3.89. The molecule has 10 nitrogen and oxygen atoms in total. The molecule has 2 N–H and O–H groups in total. The van der Waals surface area contributed by atoms with Gasteiger partial charge in [-0.25, -0.2) is 9.59 Å². The van der Waals surface area contributed by atoms with E-state index < -0.39 is 23.5 Å². The molecule has 0 unspecified atom stereocenters. The maximum absolute atomic E-state index is 12.6. The van der Waals surface area contributed by atoms with Crippen molar-refractivity contribution >= 4 is 34.4 Å². The molecule has 154 valence electrons. The molecule has 1 atom stereocenters. The van der Waals surface area contributed by atoms with Gasteiger partial charge in [0.15, 0.2) is 0 Å². The second-order valence-corrected chi connectivity index (χ2v) is 6.03. The summed E-state index contributed by atoms with van der Waals surface area (Å²) in [5.41, 5.74) is -0.984. The lowest BCUT2D eigenvalue weighted by Gasteiger charge is -2.17. The first kappa shape index (κ1) is 21.7. The Hall–Kier alpha value is -3.56. The van der Waals surface area contributed by atoms with Crippen LogP contribution in [0, 0.1) is 4.91 Å². The lowest BCUT2D eigenvalue weighted by atomic mass is 10.1. The van der Waals surface area contributed by atoms with E-state index in [0.29, 0.717) is 11.9 Å². The van der Waals surface area contributed by atoms with Gasteiger partial charge in [0.25, 0.3) is 5.91 Å². The van der Waals surface area contributed by atoms with Crippen molar-refractivity contribution in [2.24, 2.45) is 5.18 Å². The van der Waals surface area contributed by atoms with Crippen molar-refractivity contribution in [1.82, 2.24) is 10.6 Å². The van der Waals surface area contributed by atoms with Gasteiger partial charge in [-0.3, -0.25) is 9.59 Å². The largest absolute Gasteiger partial charge is 0.464 e. The molecule has 1 heterocycles. The highest BCUT2D eigenvalue weighted by Gasteiger charge is 2.25. The topological polar surface area (TPSA) is 144 Å². The fraction of sp³-hybridized carbons (Fsp3) is 0.368. The highest BCUT2D eigenvalue weighted by atomic mass is 16.5. The van der Waals surface area contributed by atoms with E-state index in [1.165, 1.54) is 24.3 Å². The first-order valence-electron chi connectivity index (χ1n) is 9.05. The molecule has 1 aromatic carbocycles. The number of fused-ring (bicyclic) bond motifs is 1. The zero-order valence-electron chi connectivity index (χ0n) is 16.0. The summed E-state index contributed by atoms with van der Waals surface area (Å²) >= 11 is 0. The Kier molecular flexibility index (Phi) is 7.58. The van der Waals surface area contributed by atoms with Gasteiger partial charge in [-0.15, -0.1) is 4.91 Å². The molecule has 0 saturated heterocycles. The number of hydrogen-bond acceptors (Lipinski definition) is 8. The van der Waals surface area contributed by atoms with Gasteiger partial charge in [0.05, 0.1) is 6.61 Å². The number of amides is 2. The first-order valence-corrected chi connectivity index (χ1v) is 9.05. The summed E-state index contributed by atoms with van der Waals surface area (Å²) in [6.07, 6.45) is -0.0210. The SMILES string of the molecule is CCNC(=O)CC[C@H](NC(=O)c1cc2cc(N=O)ccc2oc1=O)C(=O)OCC. The molecule has 1 aromatic heterocycles. The van der Waals surface area contributed by atoms with Crippen molar-refractivity contribution < 1.29 is 23.5 Å². The van der Waals surface area contributed by atoms with Crippen LogP contribution in [0.4, 0.5) is 5.69 Å². The van der Waals surface area contributed by atoms with Crippen LogP contribution >= 0.6 is 0 Å². The van der Waals surface area contributed by atoms with Crippen molar-refractivity contribution in [2.75, 3.05) is 13.2 Å². The normalized spacial score (nSPS) is 11.5. The van der Waals surface area contributed by atoms with Crippen LogP contribution in [0.3, 0.4) is 0 Å². The summed E-state index contributed by atoms with van der Waals surface area (Å²) in [7, 11) is 0. The Bertz CT molecular complexity index is 983. The van der Waals surface area contributed by atoms with E-state index in [1.54, 1.807) is 13.8 Å². The number of carbonyl (C=O) groups is 3. The van der Waals surface area contributed by atoms with Gasteiger partial charge in [-0.05, 0) is 49.7 Å². The highest BCUT2D eigenvalue weighted by molar-refractivity contribution is 5.99. The number of nitrogens with zero attached hydrogens (tertiary/aromatic N) is 1. The minimum atomic E-state index is -1.12. The van der Waals surface area contributed by atoms with Gasteiger partial charge in [0.1, 0.15) is 22.9 Å². The van der Waals surface area contributed by atoms with Gasteiger partial charge in [-0.1, -0.05) is 0 Å². The molecular formula is C19H21N3O7. The molecule has 0 bridgehead atoms. The Morgan fingerprint density at radius 2 is 1.97 bits per heavy atom. The van der Waals surface area contributed by atoms with Crippen LogP contribution in [0.15, 0.2) is 38.7 Å². The Morgan fingerprint density at radius 3 is 2.62 bits per heavy atom. The molecule has 2 rings (SSSR count). The summed E-state index contributed by atoms with van der Waals surface area (Å²) in [4.78, 5) is 59.3. The maximum atomic E-state index is 12.6. The minimum Gasteiger partial charge on any atom is -0.464 e. The first-order chi connectivity index (χ1) is 13.9. The van der Waals surface area contributed by atoms with Gasteiger partial charge >= 0.3 is 11.6 Å². The van der Waals surface area contributed by atoms with Gasteiger partial charge in [0.2, 0.25) is 5.91 Å². The molecule has 0 aliphatic carbocycles. The third-order valence-electron chi connectivity index (χ3n) is 3.98. The zero-order valence-corrected chi connectivity index (χ0v) is 16.0. The molecule has 2 aromatic rings. The standard InChI is InChI=1S/C19H21N3O7/c1-3-20-16(23)8-6-14(19(26)28-4-2)21-17(24)13-10-11-9-12(22-27)5-7-15(11)29-18(13)25/h5,7,9-10,14H,3-4,6,8H2,1-2H3,(H,20,23)(H,21,24)/t14-/m0/s1. The molecule has 2 amide bonds. The van der Waals surface area contributed by atoms with E-state index in [2.05, 4.69) is 15.8 Å². The third kappa shape index (κ3) is 5.71. The smallest absolute Gasteiger partial charge is 0.349 e. The monoisotopic (exact) mass is 403 g/mol. The zero-order chi connectivity index (χ0) is 21.4. The average molecular weight is 403 g/mol. The Morgan fingerprint density at radius 1 is 1.21 bits per heavy atom. The van der Waals surface area contributed by atoms with Crippen LogP contribution in [-0.4, -0.2) is 37.0 Å². The van der Waals surface area contributed by atoms with Crippen LogP contribution in [0.2, 0.25) is 0 Å². The van der Waals surface area contributed by atoms with Gasteiger partial charge in [-0.2, -0.15) is 0 Å². The van der Waals surface area contributed by atoms with E-state index >= 15 is 0 Å². The van der Waals surface area contributed by atoms with Crippen molar-refractivity contribution in [2.45, 2.75) is 32.7 Å². The van der Waals surface area contributed by atoms with E-state index in [9.17, 15) is 24.1 Å². The fourth-order valence-corrected chi connectivity index (χ4v) is 2.61. The van der Waals surface area contributed by atoms with E-state index in [-0.39, 0.29) is 42.2 Å². The lowest BCUT2D eigenvalue weighted by Crippen LogP contribution is -2.43. The van der Waals surface area contributed by atoms with Crippen LogP contribution in [0.1, 0.15) is 37.0 Å². The van der Waals surface area contributed by atoms with Crippen LogP contribution < -0.4 is 16.3 Å². The summed E-state index contributed by atoms with van der Waals surface area (Å²) in [5.74, 6) is -1.86. The number of esters is 1. The molecule has 0 aliphatic rings. The van der Waals surface area contributed by atoms with Crippen molar-refractivity contribution in [3.8, 4) is 0 Å². The summed E-state index contributed by atoms with van der Waals surface area (Å²) in [6, 6.07) is 4.25. The summed E-state index contributed by atoms with van der Waals surface area (Å²) < 4.78 is 10.0. The van der Waals surface area contributed by atoms with Gasteiger partial charge in [0, 0.05) is 18.4 Å². The van der Waals surface area contributed by atoms with E-state index in [4.69, 9.17) is 9.15 Å². The average Bonchev–Trinajstić information content (AvgIpc) is 2.70. The highest BCUT2D eigenvalue weighted by Crippen LogP contribution is 2.20. The number of benzene rings is 1. The number of hydrogen-bond donors (Lipinski definition) is 2. The van der Waals surface area contributed by atoms with E-state index in [1.807, 2.05) is 0 Å². The molecule has 0 fully saturated rings. The molecule has 29 heavy (non-hydrogen) atoms. The molecule has 0 aliphatic heterocycles. The summed E-state index contributed by atoms with van der Waals surface area (Å²) in [5, 5.41) is 8.12. The predicted octanol–water partition coefficient (Wildman–Crippen LogP) is 1.77. The molecule has 0 saturated carbocycles. The molecular weight excluding hydrogens is 382 g/mol. The maximum Gasteiger partial charge on any atom is 0.349 e. The second kappa shape index (κ2) is 10.1. The number of rotatable bonds is 9. The van der Waals surface area contributed by atoms with Crippen molar-refractivity contribution in [1.29, 1.82) is 0 Å². The predicted molar refractivity (Wildman–Crippen MR) is 104 cm³/mol. The number of carbonyl (C=O) groups excluding carboxylic acids is 3. The Labute approximate surface area is 165 Å². The van der Waals surface area contributed by atoms with Crippen LogP contribution in [-0.2, 0) is 14.3 Å². The lowest BCUT2D eigenvalue weighted by molar-refractivity contribution is -0.145. The van der Waals surface area contributed by atoms with Crippen LogP contribution in [0.5, 0.6) is 0 Å². The third-order valence-corrected chi connectivity index (χ3v) is 3.98.